The molecule has 0 spiro atoms. The molecule has 0 bridgehead atoms. The van der Waals surface area contributed by atoms with E-state index in [9.17, 15) is 4.79 Å². The highest BCUT2D eigenvalue weighted by Crippen LogP contribution is 2.29. The molecule has 4 nitrogen and oxygen atoms in total. The number of benzene rings is 2. The number of rotatable bonds is 5. The van der Waals surface area contributed by atoms with Crippen LogP contribution in [0.25, 0.3) is 6.08 Å². The molecular formula is C18H15Cl4N3OS. The maximum atomic E-state index is 12.2. The predicted octanol–water partition coefficient (Wildman–Crippen LogP) is 5.15. The van der Waals surface area contributed by atoms with E-state index in [4.69, 9.17) is 58.6 Å². The van der Waals surface area contributed by atoms with E-state index in [0.29, 0.717) is 10.7 Å². The third-order valence-corrected chi connectivity index (χ3v) is 4.34. The van der Waals surface area contributed by atoms with E-state index >= 15 is 0 Å². The molecule has 0 fully saturated rings. The summed E-state index contributed by atoms with van der Waals surface area (Å²) in [5.74, 6) is -0.447. The molecule has 0 aliphatic carbocycles. The van der Waals surface area contributed by atoms with Gasteiger partial charge in [-0.3, -0.25) is 4.79 Å². The van der Waals surface area contributed by atoms with Crippen LogP contribution in [-0.4, -0.2) is 21.0 Å². The first kappa shape index (κ1) is 21.8. The van der Waals surface area contributed by atoms with Gasteiger partial charge in [0.25, 0.3) is 0 Å². The zero-order chi connectivity index (χ0) is 19.9. The Labute approximate surface area is 182 Å². The van der Waals surface area contributed by atoms with E-state index in [1.165, 1.54) is 6.08 Å². The number of carbonyl (C=O) groups excluding carboxylic acids is 1. The molecule has 27 heavy (non-hydrogen) atoms. The molecule has 0 heterocycles. The van der Waals surface area contributed by atoms with Gasteiger partial charge < -0.3 is 16.0 Å². The Morgan fingerprint density at radius 3 is 2.22 bits per heavy atom. The van der Waals surface area contributed by atoms with Crippen molar-refractivity contribution in [3.8, 4) is 0 Å². The first-order valence-electron chi connectivity index (χ1n) is 7.67. The number of carbonyl (C=O) groups is 1. The minimum Gasteiger partial charge on any atom is -0.339 e. The van der Waals surface area contributed by atoms with Crippen LogP contribution in [0.4, 0.5) is 5.69 Å². The molecule has 2 rings (SSSR count). The van der Waals surface area contributed by atoms with Crippen molar-refractivity contribution < 1.29 is 4.79 Å². The van der Waals surface area contributed by atoms with E-state index in [0.717, 1.165) is 5.56 Å². The third kappa shape index (κ3) is 7.95. The Hall–Kier alpha value is -1.50. The van der Waals surface area contributed by atoms with Gasteiger partial charge in [0, 0.05) is 16.8 Å². The highest BCUT2D eigenvalue weighted by molar-refractivity contribution is 7.80. The second-order valence-corrected chi connectivity index (χ2v) is 8.55. The van der Waals surface area contributed by atoms with Crippen LogP contribution >= 0.6 is 58.6 Å². The predicted molar refractivity (Wildman–Crippen MR) is 119 cm³/mol. The molecule has 1 atom stereocenters. The molecule has 1 amide bonds. The van der Waals surface area contributed by atoms with Crippen LogP contribution in [0.2, 0.25) is 5.02 Å². The van der Waals surface area contributed by atoms with Crippen LogP contribution in [0.3, 0.4) is 0 Å². The van der Waals surface area contributed by atoms with E-state index < -0.39 is 15.9 Å². The zero-order valence-corrected chi connectivity index (χ0v) is 17.6. The number of thiocarbonyl (C=S) groups is 1. The van der Waals surface area contributed by atoms with E-state index in [1.807, 2.05) is 30.3 Å². The standard InChI is InChI=1S/C18H15Cl4N3OS/c19-13-7-9-14(10-8-13)23-17(27)25-16(18(20,21)22)24-15(26)11-6-12-4-2-1-3-5-12/h1-11,16H,(H,24,26)(H2,23,25,27)/b11-6+/t16-/m0/s1. The van der Waals surface area contributed by atoms with Crippen LogP contribution in [0.15, 0.2) is 60.7 Å². The van der Waals surface area contributed by atoms with Crippen LogP contribution < -0.4 is 16.0 Å². The summed E-state index contributed by atoms with van der Waals surface area (Å²) >= 11 is 28.9. The Bertz CT molecular complexity index is 808. The number of hydrogen-bond acceptors (Lipinski definition) is 2. The maximum absolute atomic E-state index is 12.2. The summed E-state index contributed by atoms with van der Waals surface area (Å²) in [4.78, 5) is 12.2. The fourth-order valence-electron chi connectivity index (χ4n) is 1.96. The van der Waals surface area contributed by atoms with E-state index in [2.05, 4.69) is 16.0 Å². The SMILES string of the molecule is O=C(/C=C/c1ccccc1)N[C@@H](NC(=S)Nc1ccc(Cl)cc1)C(Cl)(Cl)Cl. The normalized spacial score (nSPS) is 12.4. The molecule has 9 heteroatoms. The largest absolute Gasteiger partial charge is 0.339 e. The van der Waals surface area contributed by atoms with Crippen LogP contribution in [0.5, 0.6) is 0 Å². The molecule has 0 saturated carbocycles. The van der Waals surface area contributed by atoms with E-state index in [1.54, 1.807) is 30.3 Å². The van der Waals surface area contributed by atoms with Crippen molar-refractivity contribution in [1.82, 2.24) is 10.6 Å². The first-order chi connectivity index (χ1) is 12.7. The number of anilines is 1. The van der Waals surface area contributed by atoms with Gasteiger partial charge in [-0.25, -0.2) is 0 Å². The fraction of sp³-hybridized carbons (Fsp3) is 0.111. The molecule has 0 aliphatic rings. The summed E-state index contributed by atoms with van der Waals surface area (Å²) in [5, 5.41) is 9.03. The van der Waals surface area contributed by atoms with Gasteiger partial charge in [0.05, 0.1) is 0 Å². The zero-order valence-electron chi connectivity index (χ0n) is 13.8. The molecule has 0 radical (unpaired) electrons. The average Bonchev–Trinajstić information content (AvgIpc) is 2.61. The molecule has 3 N–H and O–H groups in total. The number of hydrogen-bond donors (Lipinski definition) is 3. The molecule has 2 aromatic rings. The Morgan fingerprint density at radius 1 is 1.00 bits per heavy atom. The molecule has 0 unspecified atom stereocenters. The Balaban J connectivity index is 1.98. The average molecular weight is 463 g/mol. The summed E-state index contributed by atoms with van der Waals surface area (Å²) in [6, 6.07) is 16.2. The quantitative estimate of drug-likeness (QED) is 0.249. The van der Waals surface area contributed by atoms with Crippen molar-refractivity contribution in [2.45, 2.75) is 9.96 Å². The molecular weight excluding hydrogens is 448 g/mol. The Morgan fingerprint density at radius 2 is 1.63 bits per heavy atom. The summed E-state index contributed by atoms with van der Waals surface area (Å²) in [7, 11) is 0. The highest BCUT2D eigenvalue weighted by Gasteiger charge is 2.34. The summed E-state index contributed by atoms with van der Waals surface area (Å²) in [6.45, 7) is 0. The molecule has 142 valence electrons. The third-order valence-electron chi connectivity index (χ3n) is 3.22. The maximum Gasteiger partial charge on any atom is 0.245 e. The molecule has 0 aliphatic heterocycles. The van der Waals surface area contributed by atoms with Gasteiger partial charge in [-0.05, 0) is 48.1 Å². The smallest absolute Gasteiger partial charge is 0.245 e. The minimum absolute atomic E-state index is 0.168. The number of amides is 1. The van der Waals surface area contributed by atoms with Crippen LogP contribution in [-0.2, 0) is 4.79 Å². The second-order valence-electron chi connectivity index (χ2n) is 5.33. The highest BCUT2D eigenvalue weighted by atomic mass is 35.6. The number of nitrogens with one attached hydrogen (secondary N) is 3. The van der Waals surface area contributed by atoms with Crippen molar-refractivity contribution in [2.24, 2.45) is 0 Å². The van der Waals surface area contributed by atoms with Gasteiger partial charge in [-0.15, -0.1) is 0 Å². The van der Waals surface area contributed by atoms with Gasteiger partial charge in [0.15, 0.2) is 5.11 Å². The van der Waals surface area contributed by atoms with Gasteiger partial charge in [-0.1, -0.05) is 76.7 Å². The number of alkyl halides is 3. The lowest BCUT2D eigenvalue weighted by Crippen LogP contribution is -2.55. The summed E-state index contributed by atoms with van der Waals surface area (Å²) < 4.78 is -1.83. The van der Waals surface area contributed by atoms with Gasteiger partial charge in [0.1, 0.15) is 6.17 Å². The molecule has 2 aromatic carbocycles. The van der Waals surface area contributed by atoms with Crippen LogP contribution in [0.1, 0.15) is 5.56 Å². The lowest BCUT2D eigenvalue weighted by atomic mass is 10.2. The fourth-order valence-corrected chi connectivity index (χ4v) is 2.65. The Kier molecular flexibility index (Phi) is 8.20. The second kappa shape index (κ2) is 10.2. The minimum atomic E-state index is -1.83. The van der Waals surface area contributed by atoms with Crippen molar-refractivity contribution in [3.63, 3.8) is 0 Å². The molecule has 0 aromatic heterocycles. The van der Waals surface area contributed by atoms with Crippen molar-refractivity contribution in [3.05, 3.63) is 71.3 Å². The molecule has 0 saturated heterocycles. The van der Waals surface area contributed by atoms with Gasteiger partial charge in [-0.2, -0.15) is 0 Å². The van der Waals surface area contributed by atoms with Gasteiger partial charge >= 0.3 is 0 Å². The topological polar surface area (TPSA) is 53.2 Å². The van der Waals surface area contributed by atoms with Crippen molar-refractivity contribution in [2.75, 3.05) is 5.32 Å². The lowest BCUT2D eigenvalue weighted by molar-refractivity contribution is -0.117. The van der Waals surface area contributed by atoms with Gasteiger partial charge in [0.2, 0.25) is 9.70 Å². The monoisotopic (exact) mass is 461 g/mol. The summed E-state index contributed by atoms with van der Waals surface area (Å²) in [5.41, 5.74) is 1.56. The van der Waals surface area contributed by atoms with Crippen molar-refractivity contribution >= 4 is 81.4 Å². The van der Waals surface area contributed by atoms with Crippen molar-refractivity contribution in [1.29, 1.82) is 0 Å². The van der Waals surface area contributed by atoms with E-state index in [-0.39, 0.29) is 5.11 Å². The first-order valence-corrected chi connectivity index (χ1v) is 9.59. The number of halogens is 4. The van der Waals surface area contributed by atoms with Crippen LogP contribution in [0, 0.1) is 0 Å². The lowest BCUT2D eigenvalue weighted by Gasteiger charge is -2.27. The summed E-state index contributed by atoms with van der Waals surface area (Å²) in [6.07, 6.45) is 1.94.